The maximum absolute atomic E-state index is 12.3. The van der Waals surface area contributed by atoms with Crippen LogP contribution in [0.25, 0.3) is 10.9 Å². The molecular formula is C26H31N3O5. The summed E-state index contributed by atoms with van der Waals surface area (Å²) >= 11 is 0. The Morgan fingerprint density at radius 2 is 1.91 bits per heavy atom. The number of fused-ring (bicyclic) bond motifs is 1. The van der Waals surface area contributed by atoms with E-state index in [4.69, 9.17) is 14.2 Å². The van der Waals surface area contributed by atoms with Crippen LogP contribution in [0.1, 0.15) is 39.9 Å². The number of nitrogens with one attached hydrogen (secondary N) is 2. The lowest BCUT2D eigenvalue weighted by atomic mass is 9.90. The highest BCUT2D eigenvalue weighted by atomic mass is 16.5. The number of carbonyl (C=O) groups is 2. The van der Waals surface area contributed by atoms with Crippen LogP contribution in [0, 0.1) is 0 Å². The molecule has 8 heteroatoms. The summed E-state index contributed by atoms with van der Waals surface area (Å²) in [5, 5.41) is 4.14. The number of esters is 1. The van der Waals surface area contributed by atoms with E-state index in [1.54, 1.807) is 24.1 Å². The Hall–Kier alpha value is -3.52. The average Bonchev–Trinajstić information content (AvgIpc) is 3.31. The largest absolute Gasteiger partial charge is 0.496 e. The first-order valence-corrected chi connectivity index (χ1v) is 11.5. The van der Waals surface area contributed by atoms with Crippen molar-refractivity contribution in [2.24, 2.45) is 0 Å². The number of hydrogen-bond donors (Lipinski definition) is 2. The van der Waals surface area contributed by atoms with Crippen molar-refractivity contribution in [1.29, 1.82) is 0 Å². The maximum atomic E-state index is 12.3. The van der Waals surface area contributed by atoms with Crippen LogP contribution in [0.4, 0.5) is 4.79 Å². The fourth-order valence-electron chi connectivity index (χ4n) is 4.38. The number of morpholine rings is 1. The second kappa shape index (κ2) is 10.6. The summed E-state index contributed by atoms with van der Waals surface area (Å²) in [6, 6.07) is 11.7. The summed E-state index contributed by atoms with van der Waals surface area (Å²) in [6.45, 7) is 5.13. The number of methoxy groups -OCH3 is 2. The van der Waals surface area contributed by atoms with Crippen molar-refractivity contribution < 1.29 is 23.8 Å². The minimum Gasteiger partial charge on any atom is -0.496 e. The number of aromatic nitrogens is 1. The number of nitrogens with zero attached hydrogens (tertiary/aromatic N) is 1. The molecule has 4 rings (SSSR count). The molecule has 180 valence electrons. The number of amides is 2. The van der Waals surface area contributed by atoms with Gasteiger partial charge in [-0.1, -0.05) is 19.1 Å². The van der Waals surface area contributed by atoms with Crippen LogP contribution in [0.15, 0.2) is 42.6 Å². The zero-order chi connectivity index (χ0) is 24.1. The van der Waals surface area contributed by atoms with Gasteiger partial charge >= 0.3 is 12.0 Å². The molecule has 1 aliphatic heterocycles. The normalized spacial score (nSPS) is 14.6. The molecule has 0 bridgehead atoms. The second-order valence-electron chi connectivity index (χ2n) is 8.38. The van der Waals surface area contributed by atoms with Gasteiger partial charge in [-0.05, 0) is 41.8 Å². The van der Waals surface area contributed by atoms with Gasteiger partial charge < -0.3 is 29.4 Å². The van der Waals surface area contributed by atoms with Crippen molar-refractivity contribution in [3.63, 3.8) is 0 Å². The van der Waals surface area contributed by atoms with Crippen molar-refractivity contribution in [3.8, 4) is 5.75 Å². The fourth-order valence-corrected chi connectivity index (χ4v) is 4.38. The van der Waals surface area contributed by atoms with Gasteiger partial charge in [-0.3, -0.25) is 0 Å². The van der Waals surface area contributed by atoms with Crippen LogP contribution < -0.4 is 10.1 Å². The summed E-state index contributed by atoms with van der Waals surface area (Å²) in [7, 11) is 2.97. The number of carbonyl (C=O) groups excluding carboxylic acids is 2. The summed E-state index contributed by atoms with van der Waals surface area (Å²) in [5.41, 5.74) is 4.78. The Bertz CT molecular complexity index is 1170. The molecule has 8 nitrogen and oxygen atoms in total. The van der Waals surface area contributed by atoms with Crippen molar-refractivity contribution in [1.82, 2.24) is 15.2 Å². The Balaban J connectivity index is 1.50. The third-order valence-electron chi connectivity index (χ3n) is 6.35. The van der Waals surface area contributed by atoms with Crippen LogP contribution in [-0.2, 0) is 15.9 Å². The highest BCUT2D eigenvalue weighted by molar-refractivity contribution is 5.90. The van der Waals surface area contributed by atoms with Gasteiger partial charge in [0, 0.05) is 48.2 Å². The zero-order valence-corrected chi connectivity index (χ0v) is 19.8. The van der Waals surface area contributed by atoms with Gasteiger partial charge in [-0.2, -0.15) is 0 Å². The molecule has 1 aliphatic rings. The lowest BCUT2D eigenvalue weighted by Gasteiger charge is -2.26. The van der Waals surface area contributed by atoms with Crippen LogP contribution in [0.2, 0.25) is 0 Å². The van der Waals surface area contributed by atoms with Gasteiger partial charge in [0.05, 0.1) is 33.0 Å². The number of hydrogen-bond acceptors (Lipinski definition) is 5. The number of benzene rings is 2. The second-order valence-corrected chi connectivity index (χ2v) is 8.38. The predicted molar refractivity (Wildman–Crippen MR) is 130 cm³/mol. The Kier molecular flexibility index (Phi) is 7.37. The third kappa shape index (κ3) is 5.02. The Morgan fingerprint density at radius 3 is 2.65 bits per heavy atom. The highest BCUT2D eigenvalue weighted by Crippen LogP contribution is 2.36. The van der Waals surface area contributed by atoms with Gasteiger partial charge in [0.2, 0.25) is 0 Å². The molecule has 2 N–H and O–H groups in total. The minimum absolute atomic E-state index is 0.0340. The molecular weight excluding hydrogens is 434 g/mol. The van der Waals surface area contributed by atoms with Crippen LogP contribution in [0.5, 0.6) is 5.75 Å². The number of urea groups is 1. The Morgan fingerprint density at radius 1 is 1.12 bits per heavy atom. The highest BCUT2D eigenvalue weighted by Gasteiger charge is 2.20. The topological polar surface area (TPSA) is 92.9 Å². The van der Waals surface area contributed by atoms with Crippen molar-refractivity contribution in [2.45, 2.75) is 19.3 Å². The van der Waals surface area contributed by atoms with E-state index in [1.165, 1.54) is 7.11 Å². The van der Waals surface area contributed by atoms with Crippen LogP contribution in [-0.4, -0.2) is 69.0 Å². The lowest BCUT2D eigenvalue weighted by molar-refractivity contribution is 0.0533. The van der Waals surface area contributed by atoms with E-state index in [1.807, 2.05) is 12.3 Å². The predicted octanol–water partition coefficient (Wildman–Crippen LogP) is 3.70. The number of ether oxygens (including phenoxy) is 3. The molecule has 1 saturated heterocycles. The molecule has 34 heavy (non-hydrogen) atoms. The smallest absolute Gasteiger partial charge is 0.337 e. The number of rotatable bonds is 7. The van der Waals surface area contributed by atoms with E-state index in [-0.39, 0.29) is 11.9 Å². The summed E-state index contributed by atoms with van der Waals surface area (Å²) in [4.78, 5) is 29.4. The van der Waals surface area contributed by atoms with Gasteiger partial charge in [-0.25, -0.2) is 9.59 Å². The first kappa shape index (κ1) is 23.6. The van der Waals surface area contributed by atoms with Gasteiger partial charge in [0.1, 0.15) is 5.75 Å². The molecule has 2 amide bonds. The summed E-state index contributed by atoms with van der Waals surface area (Å²) in [6.07, 6.45) is 2.76. The van der Waals surface area contributed by atoms with Crippen LogP contribution >= 0.6 is 0 Å². The average molecular weight is 466 g/mol. The molecule has 0 radical (unpaired) electrons. The quantitative estimate of drug-likeness (QED) is 0.519. The van der Waals surface area contributed by atoms with E-state index in [0.29, 0.717) is 44.2 Å². The van der Waals surface area contributed by atoms with E-state index in [9.17, 15) is 9.59 Å². The van der Waals surface area contributed by atoms with Crippen LogP contribution in [0.3, 0.4) is 0 Å². The maximum Gasteiger partial charge on any atom is 0.337 e. The van der Waals surface area contributed by atoms with E-state index < -0.39 is 5.97 Å². The molecule has 1 fully saturated rings. The standard InChI is InChI=1S/C26H31N3O5/c1-17(20-6-5-19(25(30)33-3)15-24(20)32-2)22-16-28-23-7-4-18(14-21(22)23)8-9-27-26(31)29-10-12-34-13-11-29/h4-7,14-17,28H,8-13H2,1-3H3,(H,27,31). The molecule has 1 aromatic heterocycles. The van der Waals surface area contributed by atoms with Gasteiger partial charge in [0.15, 0.2) is 0 Å². The SMILES string of the molecule is COC(=O)c1ccc(C(C)c2c[nH]c3ccc(CCNC(=O)N4CCOCC4)cc23)c(OC)c1. The van der Waals surface area contributed by atoms with E-state index in [0.717, 1.165) is 34.0 Å². The van der Waals surface area contributed by atoms with Gasteiger partial charge in [-0.15, -0.1) is 0 Å². The molecule has 0 saturated carbocycles. The number of H-pyrrole nitrogens is 1. The Labute approximate surface area is 199 Å². The van der Waals surface area contributed by atoms with Crippen molar-refractivity contribution in [2.75, 3.05) is 47.1 Å². The third-order valence-corrected chi connectivity index (χ3v) is 6.35. The van der Waals surface area contributed by atoms with Gasteiger partial charge in [0.25, 0.3) is 0 Å². The monoisotopic (exact) mass is 465 g/mol. The minimum atomic E-state index is -0.394. The molecule has 0 spiro atoms. The van der Waals surface area contributed by atoms with Crippen molar-refractivity contribution in [3.05, 3.63) is 64.8 Å². The summed E-state index contributed by atoms with van der Waals surface area (Å²) < 4.78 is 15.7. The molecule has 2 aromatic carbocycles. The lowest BCUT2D eigenvalue weighted by Crippen LogP contribution is -2.46. The first-order valence-electron chi connectivity index (χ1n) is 11.5. The zero-order valence-electron chi connectivity index (χ0n) is 19.8. The molecule has 2 heterocycles. The van der Waals surface area contributed by atoms with Crippen molar-refractivity contribution >= 4 is 22.9 Å². The molecule has 0 aliphatic carbocycles. The summed E-state index contributed by atoms with van der Waals surface area (Å²) in [5.74, 6) is 0.286. The molecule has 1 unspecified atom stereocenters. The number of aromatic amines is 1. The van der Waals surface area contributed by atoms with E-state index in [2.05, 4.69) is 35.4 Å². The first-order chi connectivity index (χ1) is 16.5. The van der Waals surface area contributed by atoms with E-state index >= 15 is 0 Å². The molecule has 3 aromatic rings. The fraction of sp³-hybridized carbons (Fsp3) is 0.385. The molecule has 1 atom stereocenters.